The van der Waals surface area contributed by atoms with Crippen LogP contribution >= 0.6 is 0 Å². The molecule has 2 heterocycles. The molecule has 0 spiro atoms. The van der Waals surface area contributed by atoms with Crippen molar-refractivity contribution in [3.63, 3.8) is 0 Å². The SMILES string of the molecule is CC.Cc1n[nH]c(C)c1N1CCN(c2cc(/C(N)=N/NN)ccc2C(F)(F)F)CC1. The van der Waals surface area contributed by atoms with Crippen LogP contribution in [0.4, 0.5) is 24.5 Å². The highest BCUT2D eigenvalue weighted by atomic mass is 19.4. The number of rotatable bonds is 4. The summed E-state index contributed by atoms with van der Waals surface area (Å²) in [5.41, 5.74) is 10.4. The third-order valence-electron chi connectivity index (χ3n) is 4.81. The fourth-order valence-electron chi connectivity index (χ4n) is 3.51. The minimum Gasteiger partial charge on any atom is -0.382 e. The molecule has 1 aliphatic rings. The van der Waals surface area contributed by atoms with Gasteiger partial charge >= 0.3 is 6.18 Å². The normalized spacial score (nSPS) is 15.0. The Bertz CT molecular complexity index is 848. The summed E-state index contributed by atoms with van der Waals surface area (Å²) in [5, 5.41) is 10.8. The molecule has 0 unspecified atom stereocenters. The Balaban J connectivity index is 0.00000155. The number of hydrazine groups is 1. The Kier molecular flexibility index (Phi) is 7.54. The first-order valence-electron chi connectivity index (χ1n) is 9.74. The maximum absolute atomic E-state index is 13.5. The van der Waals surface area contributed by atoms with Crippen molar-refractivity contribution in [3.05, 3.63) is 40.7 Å². The molecule has 0 aliphatic carbocycles. The van der Waals surface area contributed by atoms with Crippen molar-refractivity contribution < 1.29 is 13.2 Å². The number of H-pyrrole nitrogens is 1. The zero-order chi connectivity index (χ0) is 22.5. The molecular weight excluding hydrogens is 397 g/mol. The summed E-state index contributed by atoms with van der Waals surface area (Å²) in [6.45, 7) is 9.86. The van der Waals surface area contributed by atoms with E-state index >= 15 is 0 Å². The summed E-state index contributed by atoms with van der Waals surface area (Å²) < 4.78 is 40.6. The van der Waals surface area contributed by atoms with E-state index in [0.717, 1.165) is 23.1 Å². The average molecular weight is 426 g/mol. The summed E-state index contributed by atoms with van der Waals surface area (Å²) in [6, 6.07) is 3.72. The van der Waals surface area contributed by atoms with Crippen LogP contribution < -0.4 is 26.9 Å². The highest BCUT2D eigenvalue weighted by Crippen LogP contribution is 2.38. The van der Waals surface area contributed by atoms with E-state index in [2.05, 4.69) is 25.7 Å². The smallest absolute Gasteiger partial charge is 0.382 e. The largest absolute Gasteiger partial charge is 0.418 e. The monoisotopic (exact) mass is 426 g/mol. The fourth-order valence-corrected chi connectivity index (χ4v) is 3.51. The van der Waals surface area contributed by atoms with Crippen LogP contribution in [0.25, 0.3) is 0 Å². The maximum Gasteiger partial charge on any atom is 0.418 e. The summed E-state index contributed by atoms with van der Waals surface area (Å²) >= 11 is 0. The standard InChI is InChI=1S/C17H23F3N8.C2H6/c1-10-15(11(2)24-23-10)28-7-5-27(6-8-28)14-9-12(16(21)25-26-22)3-4-13(14)17(18,19)20;1-2/h3-4,9,26H,5-8,22H2,1-2H3,(H2,21,25)(H,23,24);1-2H3. The number of halogens is 3. The van der Waals surface area contributed by atoms with Crippen LogP contribution in [-0.4, -0.2) is 42.2 Å². The van der Waals surface area contributed by atoms with Gasteiger partial charge in [0.2, 0.25) is 0 Å². The van der Waals surface area contributed by atoms with E-state index in [0.29, 0.717) is 31.7 Å². The molecule has 166 valence electrons. The number of alkyl halides is 3. The molecule has 0 atom stereocenters. The highest BCUT2D eigenvalue weighted by molar-refractivity contribution is 5.98. The number of nitrogens with zero attached hydrogens (tertiary/aromatic N) is 4. The van der Waals surface area contributed by atoms with E-state index in [1.165, 1.54) is 12.1 Å². The van der Waals surface area contributed by atoms with Gasteiger partial charge in [-0.1, -0.05) is 19.9 Å². The maximum atomic E-state index is 13.5. The van der Waals surface area contributed by atoms with Crippen molar-refractivity contribution in [3.8, 4) is 0 Å². The van der Waals surface area contributed by atoms with Crippen molar-refractivity contribution in [2.75, 3.05) is 36.0 Å². The Morgan fingerprint density at radius 2 is 1.73 bits per heavy atom. The van der Waals surface area contributed by atoms with Gasteiger partial charge in [-0.25, -0.2) is 11.4 Å². The summed E-state index contributed by atoms with van der Waals surface area (Å²) in [5.74, 6) is 5.13. The molecule has 3 rings (SSSR count). The van der Waals surface area contributed by atoms with E-state index in [1.54, 1.807) is 4.90 Å². The van der Waals surface area contributed by atoms with Crippen LogP contribution in [-0.2, 0) is 6.18 Å². The Morgan fingerprint density at radius 1 is 1.13 bits per heavy atom. The number of hydrazone groups is 1. The van der Waals surface area contributed by atoms with Gasteiger partial charge in [0.15, 0.2) is 5.84 Å². The van der Waals surface area contributed by atoms with Gasteiger partial charge in [-0.05, 0) is 26.0 Å². The average Bonchev–Trinajstić information content (AvgIpc) is 3.07. The number of nitrogens with two attached hydrogens (primary N) is 2. The minimum absolute atomic E-state index is 0.0146. The van der Waals surface area contributed by atoms with E-state index in [9.17, 15) is 13.2 Å². The van der Waals surface area contributed by atoms with Crippen molar-refractivity contribution in [1.29, 1.82) is 0 Å². The molecule has 0 bridgehead atoms. The Morgan fingerprint density at radius 3 is 2.23 bits per heavy atom. The summed E-state index contributed by atoms with van der Waals surface area (Å²) in [6.07, 6.45) is -4.47. The van der Waals surface area contributed by atoms with Gasteiger partial charge in [-0.3, -0.25) is 5.10 Å². The lowest BCUT2D eigenvalue weighted by atomic mass is 10.1. The zero-order valence-electron chi connectivity index (χ0n) is 17.6. The second-order valence-electron chi connectivity index (χ2n) is 6.61. The second-order valence-corrected chi connectivity index (χ2v) is 6.61. The molecule has 1 fully saturated rings. The van der Waals surface area contributed by atoms with Crippen LogP contribution in [0.2, 0.25) is 0 Å². The first-order valence-corrected chi connectivity index (χ1v) is 9.74. The summed E-state index contributed by atoms with van der Waals surface area (Å²) in [7, 11) is 0. The van der Waals surface area contributed by atoms with E-state index in [1.807, 2.05) is 27.7 Å². The number of amidine groups is 1. The number of aryl methyl sites for hydroxylation is 2. The predicted octanol–water partition coefficient (Wildman–Crippen LogP) is 2.48. The Labute approximate surface area is 174 Å². The van der Waals surface area contributed by atoms with Gasteiger partial charge in [0.1, 0.15) is 0 Å². The second kappa shape index (κ2) is 9.70. The molecule has 6 N–H and O–H groups in total. The third kappa shape index (κ3) is 4.96. The number of aromatic nitrogens is 2. The van der Waals surface area contributed by atoms with Gasteiger partial charge in [-0.2, -0.15) is 18.3 Å². The lowest BCUT2D eigenvalue weighted by molar-refractivity contribution is -0.137. The predicted molar refractivity (Wildman–Crippen MR) is 113 cm³/mol. The van der Waals surface area contributed by atoms with Crippen molar-refractivity contribution in [1.82, 2.24) is 15.7 Å². The molecule has 30 heavy (non-hydrogen) atoms. The highest BCUT2D eigenvalue weighted by Gasteiger charge is 2.36. The molecule has 0 saturated carbocycles. The van der Waals surface area contributed by atoms with Gasteiger partial charge in [0.05, 0.1) is 22.6 Å². The first-order chi connectivity index (χ1) is 14.2. The van der Waals surface area contributed by atoms with Gasteiger partial charge < -0.3 is 15.5 Å². The summed E-state index contributed by atoms with van der Waals surface area (Å²) in [4.78, 5) is 3.85. The number of aromatic amines is 1. The minimum atomic E-state index is -4.47. The van der Waals surface area contributed by atoms with Crippen LogP contribution in [0, 0.1) is 13.8 Å². The topological polar surface area (TPSA) is 112 Å². The molecule has 2 aromatic rings. The van der Waals surface area contributed by atoms with Crippen LogP contribution in [0.5, 0.6) is 0 Å². The molecule has 11 heteroatoms. The number of hydrogen-bond donors (Lipinski definition) is 4. The number of nitrogens with one attached hydrogen (secondary N) is 2. The van der Waals surface area contributed by atoms with Crippen LogP contribution in [0.15, 0.2) is 23.3 Å². The molecule has 0 amide bonds. The van der Waals surface area contributed by atoms with Gasteiger partial charge in [0.25, 0.3) is 0 Å². The molecule has 1 aromatic carbocycles. The van der Waals surface area contributed by atoms with Gasteiger partial charge in [-0.15, -0.1) is 5.10 Å². The molecule has 8 nitrogen and oxygen atoms in total. The lowest BCUT2D eigenvalue weighted by Crippen LogP contribution is -2.47. The van der Waals surface area contributed by atoms with E-state index < -0.39 is 11.7 Å². The first kappa shape index (κ1) is 23.3. The van der Waals surface area contributed by atoms with Gasteiger partial charge in [0, 0.05) is 37.4 Å². The number of benzene rings is 1. The lowest BCUT2D eigenvalue weighted by Gasteiger charge is -2.38. The number of hydrogen-bond acceptors (Lipinski definition) is 6. The van der Waals surface area contributed by atoms with E-state index in [-0.39, 0.29) is 11.5 Å². The third-order valence-corrected chi connectivity index (χ3v) is 4.81. The molecule has 0 radical (unpaired) electrons. The quantitative estimate of drug-likeness (QED) is 0.259. The van der Waals surface area contributed by atoms with Crippen LogP contribution in [0.1, 0.15) is 36.4 Å². The fraction of sp³-hybridized carbons (Fsp3) is 0.474. The van der Waals surface area contributed by atoms with Crippen molar-refractivity contribution in [2.24, 2.45) is 16.7 Å². The molecular formula is C19H29F3N8. The van der Waals surface area contributed by atoms with Crippen molar-refractivity contribution >= 4 is 17.2 Å². The Hall–Kier alpha value is -2.95. The molecule has 1 saturated heterocycles. The van der Waals surface area contributed by atoms with E-state index in [4.69, 9.17) is 11.6 Å². The van der Waals surface area contributed by atoms with Crippen molar-refractivity contribution in [2.45, 2.75) is 33.9 Å². The molecule has 1 aliphatic heterocycles. The van der Waals surface area contributed by atoms with Crippen LogP contribution in [0.3, 0.4) is 0 Å². The molecule has 1 aromatic heterocycles. The zero-order valence-corrected chi connectivity index (χ0v) is 17.6. The number of piperazine rings is 1. The number of anilines is 2.